The zero-order valence-electron chi connectivity index (χ0n) is 10.9. The zero-order valence-corrected chi connectivity index (χ0v) is 10.9. The molecule has 1 aromatic heterocycles. The molecule has 0 aromatic carbocycles. The summed E-state index contributed by atoms with van der Waals surface area (Å²) in [6.07, 6.45) is 5.44. The van der Waals surface area contributed by atoms with Gasteiger partial charge in [-0.05, 0) is 32.4 Å². The Morgan fingerprint density at radius 1 is 1.59 bits per heavy atom. The molecule has 2 heterocycles. The molecule has 0 aliphatic carbocycles. The molecule has 1 N–H and O–H groups in total. The minimum atomic E-state index is 0.662. The van der Waals surface area contributed by atoms with Crippen molar-refractivity contribution in [2.24, 2.45) is 7.05 Å². The first-order valence-electron chi connectivity index (χ1n) is 6.58. The molecule has 0 spiro atoms. The molecule has 17 heavy (non-hydrogen) atoms. The lowest BCUT2D eigenvalue weighted by Gasteiger charge is -2.24. The first kappa shape index (κ1) is 12.5. The van der Waals surface area contributed by atoms with Gasteiger partial charge in [-0.3, -0.25) is 9.58 Å². The predicted molar refractivity (Wildman–Crippen MR) is 67.6 cm³/mol. The van der Waals surface area contributed by atoms with Crippen molar-refractivity contribution in [3.05, 3.63) is 12.2 Å². The van der Waals surface area contributed by atoms with Gasteiger partial charge in [0.05, 0.1) is 6.54 Å². The van der Waals surface area contributed by atoms with E-state index < -0.39 is 0 Å². The van der Waals surface area contributed by atoms with Crippen LogP contribution in [0.4, 0.5) is 0 Å². The van der Waals surface area contributed by atoms with E-state index in [1.54, 1.807) is 6.33 Å². The molecule has 1 aromatic rings. The van der Waals surface area contributed by atoms with E-state index in [1.165, 1.54) is 25.8 Å². The van der Waals surface area contributed by atoms with Gasteiger partial charge in [0, 0.05) is 19.6 Å². The van der Waals surface area contributed by atoms with Gasteiger partial charge in [-0.1, -0.05) is 6.92 Å². The van der Waals surface area contributed by atoms with E-state index >= 15 is 0 Å². The average molecular weight is 237 g/mol. The second kappa shape index (κ2) is 6.12. The maximum atomic E-state index is 4.30. The number of aryl methyl sites for hydroxylation is 1. The van der Waals surface area contributed by atoms with Gasteiger partial charge in [0.15, 0.2) is 0 Å². The molecule has 1 atom stereocenters. The van der Waals surface area contributed by atoms with Crippen LogP contribution in [0.15, 0.2) is 6.33 Å². The second-order valence-corrected chi connectivity index (χ2v) is 4.83. The summed E-state index contributed by atoms with van der Waals surface area (Å²) < 4.78 is 1.87. The molecule has 1 unspecified atom stereocenters. The van der Waals surface area contributed by atoms with Gasteiger partial charge < -0.3 is 5.32 Å². The topological polar surface area (TPSA) is 46.0 Å². The first-order chi connectivity index (χ1) is 8.29. The molecule has 2 rings (SSSR count). The normalized spacial score (nSPS) is 20.3. The van der Waals surface area contributed by atoms with Crippen LogP contribution in [-0.4, -0.2) is 45.3 Å². The second-order valence-electron chi connectivity index (χ2n) is 4.83. The summed E-state index contributed by atoms with van der Waals surface area (Å²) in [5.41, 5.74) is 0. The molecular formula is C12H23N5. The first-order valence-corrected chi connectivity index (χ1v) is 6.58. The summed E-state index contributed by atoms with van der Waals surface area (Å²) in [6.45, 7) is 6.56. The smallest absolute Gasteiger partial charge is 0.140 e. The fourth-order valence-corrected chi connectivity index (χ4v) is 2.44. The van der Waals surface area contributed by atoms with Crippen molar-refractivity contribution in [3.8, 4) is 0 Å². The van der Waals surface area contributed by atoms with Crippen LogP contribution in [0.25, 0.3) is 0 Å². The lowest BCUT2D eigenvalue weighted by Crippen LogP contribution is -2.38. The summed E-state index contributed by atoms with van der Waals surface area (Å²) in [4.78, 5) is 6.78. The van der Waals surface area contributed by atoms with Crippen molar-refractivity contribution in [2.45, 2.75) is 38.8 Å². The molecule has 5 heteroatoms. The summed E-state index contributed by atoms with van der Waals surface area (Å²) in [5, 5.41) is 7.68. The summed E-state index contributed by atoms with van der Waals surface area (Å²) in [6, 6.07) is 0.662. The Kier molecular flexibility index (Phi) is 4.50. The molecule has 0 radical (unpaired) electrons. The molecule has 1 saturated heterocycles. The molecule has 1 aliphatic rings. The highest BCUT2D eigenvalue weighted by molar-refractivity contribution is 4.85. The number of rotatable bonds is 6. The molecule has 96 valence electrons. The minimum Gasteiger partial charge on any atom is -0.313 e. The summed E-state index contributed by atoms with van der Waals surface area (Å²) >= 11 is 0. The van der Waals surface area contributed by atoms with Crippen LogP contribution in [0, 0.1) is 0 Å². The lowest BCUT2D eigenvalue weighted by atomic mass is 10.2. The third kappa shape index (κ3) is 3.51. The van der Waals surface area contributed by atoms with E-state index in [1.807, 2.05) is 11.7 Å². The molecule has 0 amide bonds. The number of hydrogen-bond acceptors (Lipinski definition) is 4. The number of nitrogens with zero attached hydrogens (tertiary/aromatic N) is 4. The molecule has 0 bridgehead atoms. The van der Waals surface area contributed by atoms with Crippen LogP contribution in [0.2, 0.25) is 0 Å². The van der Waals surface area contributed by atoms with Gasteiger partial charge in [-0.2, -0.15) is 5.10 Å². The van der Waals surface area contributed by atoms with E-state index in [9.17, 15) is 0 Å². The Labute approximate surface area is 103 Å². The van der Waals surface area contributed by atoms with E-state index in [-0.39, 0.29) is 0 Å². The van der Waals surface area contributed by atoms with Gasteiger partial charge in [0.25, 0.3) is 0 Å². The van der Waals surface area contributed by atoms with Crippen LogP contribution in [-0.2, 0) is 13.6 Å². The highest BCUT2D eigenvalue weighted by atomic mass is 15.3. The average Bonchev–Trinajstić information content (AvgIpc) is 2.92. The summed E-state index contributed by atoms with van der Waals surface area (Å²) in [7, 11) is 1.96. The van der Waals surface area contributed by atoms with Crippen molar-refractivity contribution in [1.29, 1.82) is 0 Å². The highest BCUT2D eigenvalue weighted by Gasteiger charge is 2.18. The van der Waals surface area contributed by atoms with Crippen molar-refractivity contribution in [3.63, 3.8) is 0 Å². The van der Waals surface area contributed by atoms with E-state index in [0.717, 1.165) is 25.5 Å². The van der Waals surface area contributed by atoms with Crippen LogP contribution in [0.1, 0.15) is 32.0 Å². The standard InChI is InChI=1S/C12H23N5/c1-3-7-17(8-11-5-4-6-13-11)9-12-14-10-15-16(12)2/h10-11,13H,3-9H2,1-2H3. The summed E-state index contributed by atoms with van der Waals surface area (Å²) in [5.74, 6) is 1.05. The fraction of sp³-hybridized carbons (Fsp3) is 0.833. The van der Waals surface area contributed by atoms with Gasteiger partial charge in [-0.25, -0.2) is 4.98 Å². The number of aromatic nitrogens is 3. The van der Waals surface area contributed by atoms with Crippen LogP contribution in [0.3, 0.4) is 0 Å². The molecular weight excluding hydrogens is 214 g/mol. The third-order valence-corrected chi connectivity index (χ3v) is 3.35. The van der Waals surface area contributed by atoms with E-state index in [0.29, 0.717) is 6.04 Å². The van der Waals surface area contributed by atoms with E-state index in [2.05, 4.69) is 27.2 Å². The molecule has 1 aliphatic heterocycles. The Hall–Kier alpha value is -0.940. The van der Waals surface area contributed by atoms with Crippen molar-refractivity contribution in [1.82, 2.24) is 25.0 Å². The highest BCUT2D eigenvalue weighted by Crippen LogP contribution is 2.09. The third-order valence-electron chi connectivity index (χ3n) is 3.35. The maximum Gasteiger partial charge on any atom is 0.140 e. The molecule has 5 nitrogen and oxygen atoms in total. The quantitative estimate of drug-likeness (QED) is 0.794. The Balaban J connectivity index is 1.89. The Bertz CT molecular complexity index is 329. The van der Waals surface area contributed by atoms with Crippen LogP contribution < -0.4 is 5.32 Å². The van der Waals surface area contributed by atoms with E-state index in [4.69, 9.17) is 0 Å². The predicted octanol–water partition coefficient (Wildman–Crippen LogP) is 0.779. The van der Waals surface area contributed by atoms with Crippen LogP contribution in [0.5, 0.6) is 0 Å². The molecule has 0 saturated carbocycles. The van der Waals surface area contributed by atoms with Gasteiger partial charge in [0.2, 0.25) is 0 Å². The minimum absolute atomic E-state index is 0.662. The van der Waals surface area contributed by atoms with Gasteiger partial charge in [-0.15, -0.1) is 0 Å². The number of hydrogen-bond donors (Lipinski definition) is 1. The largest absolute Gasteiger partial charge is 0.313 e. The van der Waals surface area contributed by atoms with Gasteiger partial charge >= 0.3 is 0 Å². The monoisotopic (exact) mass is 237 g/mol. The van der Waals surface area contributed by atoms with Crippen molar-refractivity contribution < 1.29 is 0 Å². The fourth-order valence-electron chi connectivity index (χ4n) is 2.44. The lowest BCUT2D eigenvalue weighted by molar-refractivity contribution is 0.233. The zero-order chi connectivity index (χ0) is 12.1. The van der Waals surface area contributed by atoms with Gasteiger partial charge in [0.1, 0.15) is 12.2 Å². The maximum absolute atomic E-state index is 4.30. The Morgan fingerprint density at radius 3 is 3.06 bits per heavy atom. The SMILES string of the molecule is CCCN(Cc1ncnn1C)CC1CCCN1. The Morgan fingerprint density at radius 2 is 2.47 bits per heavy atom. The van der Waals surface area contributed by atoms with Crippen molar-refractivity contribution in [2.75, 3.05) is 19.6 Å². The van der Waals surface area contributed by atoms with Crippen LogP contribution >= 0.6 is 0 Å². The molecule has 1 fully saturated rings. The number of nitrogens with one attached hydrogen (secondary N) is 1. The van der Waals surface area contributed by atoms with Crippen molar-refractivity contribution >= 4 is 0 Å².